The van der Waals surface area contributed by atoms with Gasteiger partial charge < -0.3 is 24.8 Å². The molecule has 0 aliphatic heterocycles. The van der Waals surface area contributed by atoms with Crippen molar-refractivity contribution in [1.29, 1.82) is 0 Å². The molecule has 0 spiro atoms. The lowest BCUT2D eigenvalue weighted by atomic mass is 10.2. The minimum Gasteiger partial charge on any atom is -0.496 e. The number of ether oxygens (including phenoxy) is 3. The molecule has 0 atom stereocenters. The van der Waals surface area contributed by atoms with Crippen molar-refractivity contribution < 1.29 is 19.0 Å². The van der Waals surface area contributed by atoms with Gasteiger partial charge in [0.2, 0.25) is 0 Å². The van der Waals surface area contributed by atoms with Crippen LogP contribution in [-0.2, 0) is 6.54 Å². The average Bonchev–Trinajstić information content (AvgIpc) is 2.59. The molecular weight excluding hydrogens is 376 g/mol. The number of carbonyl (C=O) groups excluding carboxylic acids is 1. The molecule has 6 nitrogen and oxygen atoms in total. The molecule has 2 N–H and O–H groups in total. The minimum atomic E-state index is -0.304. The molecule has 0 aromatic heterocycles. The van der Waals surface area contributed by atoms with Crippen LogP contribution in [0.2, 0.25) is 0 Å². The number of benzene rings is 2. The molecule has 0 aliphatic carbocycles. The standard InChI is InChI=1S/C17H19BrN2O4/c1-22-14-7-5-12(9-13(14)18)20-17(21)19-10-11-4-6-15(23-2)16(8-11)24-3/h4-9H,10H2,1-3H3,(H2,19,20,21). The number of carbonyl (C=O) groups is 1. The highest BCUT2D eigenvalue weighted by Crippen LogP contribution is 2.28. The van der Waals surface area contributed by atoms with Crippen LogP contribution in [-0.4, -0.2) is 27.4 Å². The quantitative estimate of drug-likeness (QED) is 0.781. The number of anilines is 1. The minimum absolute atomic E-state index is 0.304. The van der Waals surface area contributed by atoms with E-state index in [0.717, 1.165) is 10.0 Å². The van der Waals surface area contributed by atoms with Crippen LogP contribution in [0.25, 0.3) is 0 Å². The number of halogens is 1. The number of urea groups is 1. The Labute approximate surface area is 149 Å². The van der Waals surface area contributed by atoms with Gasteiger partial charge in [-0.05, 0) is 51.8 Å². The summed E-state index contributed by atoms with van der Waals surface area (Å²) in [6, 6.07) is 10.5. The summed E-state index contributed by atoms with van der Waals surface area (Å²) in [6.07, 6.45) is 0. The second-order valence-corrected chi connectivity index (χ2v) is 5.70. The van der Waals surface area contributed by atoms with Gasteiger partial charge >= 0.3 is 6.03 Å². The van der Waals surface area contributed by atoms with Crippen LogP contribution in [0.3, 0.4) is 0 Å². The van der Waals surface area contributed by atoms with E-state index in [1.807, 2.05) is 12.1 Å². The fourth-order valence-corrected chi connectivity index (χ4v) is 2.63. The lowest BCUT2D eigenvalue weighted by Gasteiger charge is -2.11. The lowest BCUT2D eigenvalue weighted by Crippen LogP contribution is -2.28. The van der Waals surface area contributed by atoms with Gasteiger partial charge in [-0.2, -0.15) is 0 Å². The van der Waals surface area contributed by atoms with Crippen molar-refractivity contribution in [2.45, 2.75) is 6.54 Å². The average molecular weight is 395 g/mol. The summed E-state index contributed by atoms with van der Waals surface area (Å²) >= 11 is 3.38. The first-order valence-corrected chi connectivity index (χ1v) is 7.96. The third-order valence-corrected chi connectivity index (χ3v) is 3.93. The van der Waals surface area contributed by atoms with Crippen LogP contribution < -0.4 is 24.8 Å². The van der Waals surface area contributed by atoms with E-state index >= 15 is 0 Å². The molecule has 0 heterocycles. The maximum Gasteiger partial charge on any atom is 0.319 e. The Hall–Kier alpha value is -2.41. The van der Waals surface area contributed by atoms with E-state index in [1.165, 1.54) is 0 Å². The molecule has 2 amide bonds. The molecule has 0 saturated heterocycles. The first-order valence-electron chi connectivity index (χ1n) is 7.16. The van der Waals surface area contributed by atoms with E-state index in [2.05, 4.69) is 26.6 Å². The van der Waals surface area contributed by atoms with E-state index < -0.39 is 0 Å². The van der Waals surface area contributed by atoms with Crippen LogP contribution in [0.15, 0.2) is 40.9 Å². The summed E-state index contributed by atoms with van der Waals surface area (Å²) in [5, 5.41) is 5.56. The Morgan fingerprint density at radius 2 is 1.62 bits per heavy atom. The highest BCUT2D eigenvalue weighted by atomic mass is 79.9. The Morgan fingerprint density at radius 1 is 0.958 bits per heavy atom. The molecular formula is C17H19BrN2O4. The Kier molecular flexibility index (Phi) is 6.31. The van der Waals surface area contributed by atoms with E-state index in [-0.39, 0.29) is 6.03 Å². The van der Waals surface area contributed by atoms with Crippen molar-refractivity contribution in [1.82, 2.24) is 5.32 Å². The van der Waals surface area contributed by atoms with Crippen molar-refractivity contribution >= 4 is 27.6 Å². The van der Waals surface area contributed by atoms with Gasteiger partial charge in [-0.25, -0.2) is 4.79 Å². The summed E-state index contributed by atoms with van der Waals surface area (Å²) in [7, 11) is 4.74. The number of amides is 2. The topological polar surface area (TPSA) is 68.8 Å². The van der Waals surface area contributed by atoms with Crippen molar-refractivity contribution in [3.8, 4) is 17.2 Å². The molecule has 0 bridgehead atoms. The van der Waals surface area contributed by atoms with Gasteiger partial charge in [-0.15, -0.1) is 0 Å². The predicted octanol–water partition coefficient (Wildman–Crippen LogP) is 3.80. The van der Waals surface area contributed by atoms with Gasteiger partial charge in [0.25, 0.3) is 0 Å². The third kappa shape index (κ3) is 4.55. The molecule has 0 fully saturated rings. The molecule has 2 aromatic carbocycles. The van der Waals surface area contributed by atoms with E-state index in [0.29, 0.717) is 29.5 Å². The van der Waals surface area contributed by atoms with E-state index in [4.69, 9.17) is 14.2 Å². The first kappa shape index (κ1) is 17.9. The van der Waals surface area contributed by atoms with Gasteiger partial charge in [0.1, 0.15) is 5.75 Å². The number of hydrogen-bond donors (Lipinski definition) is 2. The normalized spacial score (nSPS) is 10.0. The van der Waals surface area contributed by atoms with Crippen molar-refractivity contribution in [3.63, 3.8) is 0 Å². The zero-order valence-corrected chi connectivity index (χ0v) is 15.3. The number of methoxy groups -OCH3 is 3. The van der Waals surface area contributed by atoms with Crippen LogP contribution in [0.5, 0.6) is 17.2 Å². The maximum absolute atomic E-state index is 12.0. The molecule has 128 valence electrons. The highest BCUT2D eigenvalue weighted by Gasteiger charge is 2.07. The van der Waals surface area contributed by atoms with Crippen molar-refractivity contribution in [2.75, 3.05) is 26.6 Å². The van der Waals surface area contributed by atoms with Gasteiger partial charge in [0.05, 0.1) is 25.8 Å². The van der Waals surface area contributed by atoms with Crippen LogP contribution in [0.1, 0.15) is 5.56 Å². The summed E-state index contributed by atoms with van der Waals surface area (Å²) in [6.45, 7) is 0.365. The van der Waals surface area contributed by atoms with Crippen LogP contribution >= 0.6 is 15.9 Å². The Morgan fingerprint density at radius 3 is 2.25 bits per heavy atom. The van der Waals surface area contributed by atoms with Gasteiger partial charge in [-0.3, -0.25) is 0 Å². The van der Waals surface area contributed by atoms with E-state index in [9.17, 15) is 4.79 Å². The van der Waals surface area contributed by atoms with Crippen LogP contribution in [0, 0.1) is 0 Å². The zero-order valence-electron chi connectivity index (χ0n) is 13.7. The fourth-order valence-electron chi connectivity index (χ4n) is 2.09. The van der Waals surface area contributed by atoms with Gasteiger partial charge in [0, 0.05) is 12.2 Å². The van der Waals surface area contributed by atoms with Crippen molar-refractivity contribution in [3.05, 3.63) is 46.4 Å². The molecule has 0 unspecified atom stereocenters. The molecule has 24 heavy (non-hydrogen) atoms. The molecule has 0 saturated carbocycles. The largest absolute Gasteiger partial charge is 0.496 e. The summed E-state index contributed by atoms with van der Waals surface area (Å²) in [4.78, 5) is 12.0. The maximum atomic E-state index is 12.0. The molecule has 0 radical (unpaired) electrons. The molecule has 2 aromatic rings. The number of rotatable bonds is 6. The molecule has 0 aliphatic rings. The highest BCUT2D eigenvalue weighted by molar-refractivity contribution is 9.10. The number of nitrogens with one attached hydrogen (secondary N) is 2. The third-order valence-electron chi connectivity index (χ3n) is 3.31. The Bertz CT molecular complexity index is 722. The fraction of sp³-hybridized carbons (Fsp3) is 0.235. The first-order chi connectivity index (χ1) is 11.6. The SMILES string of the molecule is COc1ccc(NC(=O)NCc2ccc(OC)c(OC)c2)cc1Br. The Balaban J connectivity index is 1.94. The molecule has 2 rings (SSSR count). The lowest BCUT2D eigenvalue weighted by molar-refractivity contribution is 0.251. The van der Waals surface area contributed by atoms with Crippen molar-refractivity contribution in [2.24, 2.45) is 0 Å². The summed E-state index contributed by atoms with van der Waals surface area (Å²) in [5.74, 6) is 1.97. The van der Waals surface area contributed by atoms with Crippen LogP contribution in [0.4, 0.5) is 10.5 Å². The van der Waals surface area contributed by atoms with Gasteiger partial charge in [0.15, 0.2) is 11.5 Å². The summed E-state index contributed by atoms with van der Waals surface area (Å²) < 4.78 is 16.4. The monoisotopic (exact) mass is 394 g/mol. The van der Waals surface area contributed by atoms with E-state index in [1.54, 1.807) is 45.6 Å². The second kappa shape index (κ2) is 8.44. The van der Waals surface area contributed by atoms with Gasteiger partial charge in [-0.1, -0.05) is 6.07 Å². The second-order valence-electron chi connectivity index (χ2n) is 4.85. The number of hydrogen-bond acceptors (Lipinski definition) is 4. The molecule has 7 heteroatoms. The summed E-state index contributed by atoms with van der Waals surface area (Å²) in [5.41, 5.74) is 1.56. The predicted molar refractivity (Wildman–Crippen MR) is 96.1 cm³/mol. The zero-order chi connectivity index (χ0) is 17.5. The smallest absolute Gasteiger partial charge is 0.319 e.